The number of aromatic nitrogens is 6. The molecule has 1 aliphatic heterocycles. The number of carbonyl (C=O) groups excluding carboxylic acids is 1. The molecule has 4 heterocycles. The second-order valence-electron chi connectivity index (χ2n) is 6.89. The van der Waals surface area contributed by atoms with Crippen molar-refractivity contribution >= 4 is 17.2 Å². The van der Waals surface area contributed by atoms with Crippen LogP contribution in [0.2, 0.25) is 0 Å². The first-order valence-electron chi connectivity index (χ1n) is 9.47. The molecule has 0 saturated carbocycles. The standard InChI is InChI=1S/C20H19N7OS/c1-13-21-18-15(9-5-11-26(18)24-13)22-20(28)17-23-19(16-10-6-12-29-16)27(25-17)14-7-3-2-4-8-14/h2-4,6-8,10,12,15H,5,9,11H2,1H3,(H,22,28)/t15-/m0/s1. The largest absolute Gasteiger partial charge is 0.339 e. The first-order valence-corrected chi connectivity index (χ1v) is 10.4. The van der Waals surface area contributed by atoms with Gasteiger partial charge in [0.25, 0.3) is 5.91 Å². The number of hydrogen-bond donors (Lipinski definition) is 1. The van der Waals surface area contributed by atoms with E-state index < -0.39 is 0 Å². The minimum atomic E-state index is -0.309. The zero-order chi connectivity index (χ0) is 19.8. The second-order valence-corrected chi connectivity index (χ2v) is 7.84. The average molecular weight is 405 g/mol. The zero-order valence-corrected chi connectivity index (χ0v) is 16.6. The summed E-state index contributed by atoms with van der Waals surface area (Å²) in [7, 11) is 0. The van der Waals surface area contributed by atoms with Crippen LogP contribution in [0.4, 0.5) is 0 Å². The molecule has 1 aromatic carbocycles. The van der Waals surface area contributed by atoms with Crippen molar-refractivity contribution in [2.24, 2.45) is 0 Å². The molecular formula is C20H19N7OS. The highest BCUT2D eigenvalue weighted by Gasteiger charge is 2.27. The van der Waals surface area contributed by atoms with Crippen LogP contribution in [0, 0.1) is 6.92 Å². The molecule has 0 spiro atoms. The number of hydrogen-bond acceptors (Lipinski definition) is 6. The van der Waals surface area contributed by atoms with Crippen molar-refractivity contribution in [3.8, 4) is 16.4 Å². The maximum atomic E-state index is 13.0. The molecule has 1 N–H and O–H groups in total. The highest BCUT2D eigenvalue weighted by atomic mass is 32.1. The van der Waals surface area contributed by atoms with E-state index in [9.17, 15) is 4.79 Å². The summed E-state index contributed by atoms with van der Waals surface area (Å²) in [6.07, 6.45) is 1.76. The Morgan fingerprint density at radius 2 is 2.00 bits per heavy atom. The van der Waals surface area contributed by atoms with Crippen molar-refractivity contribution in [2.75, 3.05) is 0 Å². The molecule has 3 aromatic heterocycles. The van der Waals surface area contributed by atoms with Crippen molar-refractivity contribution in [1.29, 1.82) is 0 Å². The van der Waals surface area contributed by atoms with E-state index in [1.54, 1.807) is 16.0 Å². The van der Waals surface area contributed by atoms with Gasteiger partial charge in [-0.05, 0) is 43.3 Å². The minimum Gasteiger partial charge on any atom is -0.339 e. The average Bonchev–Trinajstić information content (AvgIpc) is 3.47. The van der Waals surface area contributed by atoms with Crippen LogP contribution < -0.4 is 5.32 Å². The van der Waals surface area contributed by atoms with Crippen LogP contribution in [0.1, 0.15) is 41.2 Å². The molecule has 146 valence electrons. The van der Waals surface area contributed by atoms with Crippen molar-refractivity contribution in [3.05, 3.63) is 65.3 Å². The van der Waals surface area contributed by atoms with Gasteiger partial charge in [-0.1, -0.05) is 24.3 Å². The molecule has 1 amide bonds. The second kappa shape index (κ2) is 7.25. The van der Waals surface area contributed by atoms with Gasteiger partial charge in [-0.25, -0.2) is 19.3 Å². The summed E-state index contributed by atoms with van der Waals surface area (Å²) < 4.78 is 3.59. The first-order chi connectivity index (χ1) is 14.2. The van der Waals surface area contributed by atoms with Gasteiger partial charge in [0.2, 0.25) is 5.82 Å². The Morgan fingerprint density at radius 1 is 1.14 bits per heavy atom. The highest BCUT2D eigenvalue weighted by Crippen LogP contribution is 2.26. The van der Waals surface area contributed by atoms with Crippen LogP contribution in [-0.2, 0) is 6.54 Å². The van der Waals surface area contributed by atoms with E-state index in [2.05, 4.69) is 25.5 Å². The van der Waals surface area contributed by atoms with Gasteiger partial charge < -0.3 is 5.32 Å². The fraction of sp³-hybridized carbons (Fsp3) is 0.250. The van der Waals surface area contributed by atoms with E-state index in [1.807, 2.05) is 59.5 Å². The number of para-hydroxylation sites is 1. The molecule has 1 atom stereocenters. The Morgan fingerprint density at radius 3 is 2.79 bits per heavy atom. The van der Waals surface area contributed by atoms with Gasteiger partial charge in [0.05, 0.1) is 16.6 Å². The Kier molecular flexibility index (Phi) is 4.44. The van der Waals surface area contributed by atoms with Gasteiger partial charge in [0.1, 0.15) is 11.6 Å². The highest BCUT2D eigenvalue weighted by molar-refractivity contribution is 7.13. The molecule has 4 aromatic rings. The Hall–Kier alpha value is -3.33. The number of benzene rings is 1. The third-order valence-electron chi connectivity index (χ3n) is 4.84. The number of aryl methyl sites for hydroxylation is 2. The van der Waals surface area contributed by atoms with E-state index in [0.717, 1.165) is 35.8 Å². The fourth-order valence-corrected chi connectivity index (χ4v) is 4.25. The van der Waals surface area contributed by atoms with Crippen LogP contribution in [-0.4, -0.2) is 35.4 Å². The lowest BCUT2D eigenvalue weighted by Crippen LogP contribution is -2.34. The number of nitrogens with one attached hydrogen (secondary N) is 1. The molecule has 5 rings (SSSR count). The smallest absolute Gasteiger partial charge is 0.291 e. The van der Waals surface area contributed by atoms with Gasteiger partial charge in [0.15, 0.2) is 5.82 Å². The van der Waals surface area contributed by atoms with Crippen molar-refractivity contribution in [3.63, 3.8) is 0 Å². The molecule has 0 radical (unpaired) electrons. The third-order valence-corrected chi connectivity index (χ3v) is 5.70. The summed E-state index contributed by atoms with van der Waals surface area (Å²) in [5.41, 5.74) is 0.857. The van der Waals surface area contributed by atoms with Crippen molar-refractivity contribution in [2.45, 2.75) is 32.4 Å². The van der Waals surface area contributed by atoms with Gasteiger partial charge >= 0.3 is 0 Å². The maximum Gasteiger partial charge on any atom is 0.291 e. The summed E-state index contributed by atoms with van der Waals surface area (Å²) in [6, 6.07) is 13.5. The summed E-state index contributed by atoms with van der Waals surface area (Å²) in [6.45, 7) is 2.69. The quantitative estimate of drug-likeness (QED) is 0.563. The van der Waals surface area contributed by atoms with Gasteiger partial charge in [-0.2, -0.15) is 5.10 Å². The number of carbonyl (C=O) groups is 1. The molecule has 0 saturated heterocycles. The first kappa shape index (κ1) is 17.7. The van der Waals surface area contributed by atoms with E-state index in [-0.39, 0.29) is 17.8 Å². The zero-order valence-electron chi connectivity index (χ0n) is 15.8. The lowest BCUT2D eigenvalue weighted by Gasteiger charge is -2.22. The van der Waals surface area contributed by atoms with Crippen LogP contribution >= 0.6 is 11.3 Å². The van der Waals surface area contributed by atoms with E-state index >= 15 is 0 Å². The molecule has 0 fully saturated rings. The summed E-state index contributed by atoms with van der Waals surface area (Å²) in [5, 5.41) is 13.9. The monoisotopic (exact) mass is 405 g/mol. The topological polar surface area (TPSA) is 90.5 Å². The number of nitrogens with zero attached hydrogens (tertiary/aromatic N) is 6. The Labute approximate surface area is 171 Å². The van der Waals surface area contributed by atoms with Crippen molar-refractivity contribution < 1.29 is 4.79 Å². The lowest BCUT2D eigenvalue weighted by molar-refractivity contribution is 0.0917. The lowest BCUT2D eigenvalue weighted by atomic mass is 10.1. The molecule has 9 heteroatoms. The van der Waals surface area contributed by atoms with Crippen LogP contribution in [0.5, 0.6) is 0 Å². The van der Waals surface area contributed by atoms with Crippen LogP contribution in [0.3, 0.4) is 0 Å². The van der Waals surface area contributed by atoms with Crippen LogP contribution in [0.15, 0.2) is 47.8 Å². The van der Waals surface area contributed by atoms with Gasteiger partial charge in [0, 0.05) is 6.54 Å². The maximum absolute atomic E-state index is 13.0. The summed E-state index contributed by atoms with van der Waals surface area (Å²) >= 11 is 1.56. The van der Waals surface area contributed by atoms with Crippen LogP contribution in [0.25, 0.3) is 16.4 Å². The molecule has 29 heavy (non-hydrogen) atoms. The molecule has 0 unspecified atom stereocenters. The fourth-order valence-electron chi connectivity index (χ4n) is 3.55. The van der Waals surface area contributed by atoms with E-state index in [1.165, 1.54) is 0 Å². The summed E-state index contributed by atoms with van der Waals surface area (Å²) in [5.74, 6) is 2.00. The predicted octanol–water partition coefficient (Wildman–Crippen LogP) is 3.16. The predicted molar refractivity (Wildman–Crippen MR) is 109 cm³/mol. The number of thiophene rings is 1. The van der Waals surface area contributed by atoms with E-state index in [4.69, 9.17) is 0 Å². The number of amides is 1. The Bertz CT molecular complexity index is 1150. The third kappa shape index (κ3) is 3.33. The Balaban J connectivity index is 1.48. The minimum absolute atomic E-state index is 0.144. The molecule has 0 bridgehead atoms. The SMILES string of the molecule is Cc1nc2n(n1)CCC[C@@H]2NC(=O)c1nc(-c2cccs2)n(-c2ccccc2)n1. The van der Waals surface area contributed by atoms with Crippen molar-refractivity contribution in [1.82, 2.24) is 34.8 Å². The number of fused-ring (bicyclic) bond motifs is 1. The molecule has 1 aliphatic rings. The molecule has 0 aliphatic carbocycles. The van der Waals surface area contributed by atoms with E-state index in [0.29, 0.717) is 11.6 Å². The van der Waals surface area contributed by atoms with Gasteiger partial charge in [-0.15, -0.1) is 16.4 Å². The molecule has 8 nitrogen and oxygen atoms in total. The molecular weight excluding hydrogens is 386 g/mol. The van der Waals surface area contributed by atoms with Gasteiger partial charge in [-0.3, -0.25) is 4.79 Å². The summed E-state index contributed by atoms with van der Waals surface area (Å²) in [4.78, 5) is 23.0. The number of rotatable bonds is 4. The normalized spacial score (nSPS) is 15.8.